The fourth-order valence-corrected chi connectivity index (χ4v) is 6.21. The molecule has 0 aromatic carbocycles. The third-order valence-corrected chi connectivity index (χ3v) is 8.70. The number of nitrogens with one attached hydrogen (secondary N) is 1. The number of aliphatic hydroxyl groups is 1. The van der Waals surface area contributed by atoms with Crippen LogP contribution in [0.3, 0.4) is 0 Å². The maximum Gasteiger partial charge on any atom is 0.227 e. The van der Waals surface area contributed by atoms with E-state index in [0.29, 0.717) is 28.8 Å². The molecule has 0 bridgehead atoms. The molecule has 7 nitrogen and oxygen atoms in total. The van der Waals surface area contributed by atoms with E-state index in [1.165, 1.54) is 5.57 Å². The number of aryl methyl sites for hydroxylation is 1. The molecule has 3 aliphatic rings. The predicted octanol–water partition coefficient (Wildman–Crippen LogP) is 3.40. The van der Waals surface area contributed by atoms with Crippen molar-refractivity contribution in [1.29, 1.82) is 0 Å². The Morgan fingerprint density at radius 1 is 1.25 bits per heavy atom. The first kappa shape index (κ1) is 23.7. The Balaban J connectivity index is 1.57. The maximum absolute atomic E-state index is 12.6. The molecule has 176 valence electrons. The molecular formula is C23H33ClN4O3S. The van der Waals surface area contributed by atoms with Crippen molar-refractivity contribution in [3.63, 3.8) is 0 Å². The summed E-state index contributed by atoms with van der Waals surface area (Å²) in [5, 5.41) is 14.0. The predicted molar refractivity (Wildman–Crippen MR) is 129 cm³/mol. The molecule has 0 spiro atoms. The summed E-state index contributed by atoms with van der Waals surface area (Å²) >= 11 is 6.16. The number of halogens is 1. The average Bonchev–Trinajstić information content (AvgIpc) is 3.18. The number of hydrogen-bond donors (Lipinski definition) is 2. The van der Waals surface area contributed by atoms with E-state index in [0.717, 1.165) is 49.5 Å². The highest BCUT2D eigenvalue weighted by Crippen LogP contribution is 2.39. The molecule has 1 aromatic heterocycles. The highest BCUT2D eigenvalue weighted by Gasteiger charge is 2.39. The molecule has 1 aliphatic carbocycles. The molecule has 9 heteroatoms. The van der Waals surface area contributed by atoms with Gasteiger partial charge in [-0.3, -0.25) is 4.21 Å². The second-order valence-corrected chi connectivity index (χ2v) is 11.1. The van der Waals surface area contributed by atoms with Crippen molar-refractivity contribution in [2.24, 2.45) is 5.92 Å². The Bertz CT molecular complexity index is 941. The van der Waals surface area contributed by atoms with E-state index in [1.807, 2.05) is 19.9 Å². The molecule has 1 aromatic rings. The van der Waals surface area contributed by atoms with Gasteiger partial charge in [0.05, 0.1) is 34.7 Å². The summed E-state index contributed by atoms with van der Waals surface area (Å²) in [6.07, 6.45) is 8.28. The van der Waals surface area contributed by atoms with Crippen molar-refractivity contribution in [2.75, 3.05) is 42.8 Å². The summed E-state index contributed by atoms with van der Waals surface area (Å²) in [6.45, 7) is 5.64. The van der Waals surface area contributed by atoms with Crippen molar-refractivity contribution in [1.82, 2.24) is 9.97 Å². The number of hydrogen-bond acceptors (Lipinski definition) is 7. The van der Waals surface area contributed by atoms with Crippen molar-refractivity contribution >= 4 is 34.2 Å². The number of rotatable bonds is 7. The number of piperidine rings is 1. The number of fused-ring (bicyclic) bond motifs is 1. The minimum atomic E-state index is -1.11. The van der Waals surface area contributed by atoms with Gasteiger partial charge in [-0.25, -0.2) is 4.98 Å². The van der Waals surface area contributed by atoms with Crippen LogP contribution in [0.4, 0.5) is 11.8 Å². The van der Waals surface area contributed by atoms with Gasteiger partial charge in [-0.2, -0.15) is 4.98 Å². The van der Waals surface area contributed by atoms with Crippen LogP contribution >= 0.6 is 11.6 Å². The number of aromatic nitrogens is 2. The molecule has 32 heavy (non-hydrogen) atoms. The van der Waals surface area contributed by atoms with Crippen molar-refractivity contribution < 1.29 is 14.1 Å². The molecule has 0 saturated carbocycles. The maximum atomic E-state index is 12.6. The van der Waals surface area contributed by atoms with Gasteiger partial charge in [-0.05, 0) is 43.3 Å². The zero-order chi connectivity index (χ0) is 22.9. The van der Waals surface area contributed by atoms with Crippen LogP contribution in [0.5, 0.6) is 0 Å². The lowest BCUT2D eigenvalue weighted by atomic mass is 9.80. The smallest absolute Gasteiger partial charge is 0.227 e. The number of aliphatic hydroxyl groups excluding tert-OH is 1. The van der Waals surface area contributed by atoms with Crippen LogP contribution in [0.15, 0.2) is 27.7 Å². The van der Waals surface area contributed by atoms with E-state index in [1.54, 1.807) is 7.11 Å². The van der Waals surface area contributed by atoms with E-state index in [4.69, 9.17) is 26.3 Å². The first-order chi connectivity index (χ1) is 15.4. The molecule has 2 N–H and O–H groups in total. The molecule has 0 radical (unpaired) electrons. The normalized spacial score (nSPS) is 23.6. The Morgan fingerprint density at radius 3 is 2.59 bits per heavy atom. The Labute approximate surface area is 197 Å². The lowest BCUT2D eigenvalue weighted by Crippen LogP contribution is -2.47. The lowest BCUT2D eigenvalue weighted by molar-refractivity contribution is -0.000754. The van der Waals surface area contributed by atoms with Crippen molar-refractivity contribution in [3.8, 4) is 0 Å². The summed E-state index contributed by atoms with van der Waals surface area (Å²) in [5.41, 5.74) is 1.89. The van der Waals surface area contributed by atoms with Crippen LogP contribution in [0.1, 0.15) is 45.2 Å². The van der Waals surface area contributed by atoms with Gasteiger partial charge in [0.1, 0.15) is 10.7 Å². The summed E-state index contributed by atoms with van der Waals surface area (Å²) in [5.74, 6) is 2.06. The third kappa shape index (κ3) is 4.60. The van der Waals surface area contributed by atoms with Gasteiger partial charge in [-0.15, -0.1) is 0 Å². The number of methoxy groups -OCH3 is 1. The van der Waals surface area contributed by atoms with Crippen LogP contribution in [-0.2, 0) is 22.0 Å². The van der Waals surface area contributed by atoms with Gasteiger partial charge in [0.25, 0.3) is 0 Å². The van der Waals surface area contributed by atoms with Crippen molar-refractivity contribution in [2.45, 2.75) is 62.5 Å². The quantitative estimate of drug-likeness (QED) is 0.618. The minimum absolute atomic E-state index is 0.00788. The lowest BCUT2D eigenvalue weighted by Gasteiger charge is -2.43. The molecule has 1 saturated heterocycles. The Hall–Kier alpha value is -1.48. The standard InChI is InChI=1S/C23H33ClN4O3S/c1-15(2)19(14-29)25-21-20-18(8-13-32(20)30)26-22(27-21)28-11-9-23(31-3,10-12-28)16-4-6-17(24)7-5-16/h4,6,15,19,29H,5,7-14H2,1-3H3,(H,25,26,27)/t19-,32?/m0/s1. The van der Waals surface area contributed by atoms with Gasteiger partial charge in [0.15, 0.2) is 0 Å². The molecule has 0 amide bonds. The monoisotopic (exact) mass is 480 g/mol. The largest absolute Gasteiger partial charge is 0.394 e. The van der Waals surface area contributed by atoms with Gasteiger partial charge < -0.3 is 20.1 Å². The number of anilines is 2. The van der Waals surface area contributed by atoms with Gasteiger partial charge in [0, 0.05) is 37.4 Å². The summed E-state index contributed by atoms with van der Waals surface area (Å²) in [7, 11) is 0.686. The third-order valence-electron chi connectivity index (χ3n) is 6.93. The summed E-state index contributed by atoms with van der Waals surface area (Å²) in [6, 6.07) is -0.153. The second-order valence-electron chi connectivity index (χ2n) is 9.12. The van der Waals surface area contributed by atoms with E-state index in [2.05, 4.69) is 16.3 Å². The topological polar surface area (TPSA) is 87.6 Å². The molecule has 1 fully saturated rings. The van der Waals surface area contributed by atoms with E-state index in [-0.39, 0.29) is 24.2 Å². The van der Waals surface area contributed by atoms with Gasteiger partial charge in [-0.1, -0.05) is 31.5 Å². The Kier molecular flexibility index (Phi) is 7.24. The van der Waals surface area contributed by atoms with Gasteiger partial charge >= 0.3 is 0 Å². The van der Waals surface area contributed by atoms with E-state index < -0.39 is 10.8 Å². The molecule has 1 unspecified atom stereocenters. The van der Waals surface area contributed by atoms with Crippen molar-refractivity contribution in [3.05, 3.63) is 28.5 Å². The van der Waals surface area contributed by atoms with Crippen LogP contribution < -0.4 is 10.2 Å². The van der Waals surface area contributed by atoms with E-state index >= 15 is 0 Å². The molecule has 4 rings (SSSR count). The summed E-state index contributed by atoms with van der Waals surface area (Å²) in [4.78, 5) is 12.5. The number of nitrogens with zero attached hydrogens (tertiary/aromatic N) is 3. The summed E-state index contributed by atoms with van der Waals surface area (Å²) < 4.78 is 18.7. The molecular weight excluding hydrogens is 448 g/mol. The SMILES string of the molecule is COC1(C2=CC=C(Cl)CC2)CCN(c2nc3c(c(N[C@@H](CO)C(C)C)n2)S(=O)CC3)CC1. The molecule has 2 aliphatic heterocycles. The fourth-order valence-electron chi connectivity index (χ4n) is 4.74. The highest BCUT2D eigenvalue weighted by molar-refractivity contribution is 7.85. The first-order valence-corrected chi connectivity index (χ1v) is 13.1. The zero-order valence-electron chi connectivity index (χ0n) is 19.1. The fraction of sp³-hybridized carbons (Fsp3) is 0.652. The van der Waals surface area contributed by atoms with Crippen LogP contribution in [0.2, 0.25) is 0 Å². The zero-order valence-corrected chi connectivity index (χ0v) is 20.6. The highest BCUT2D eigenvalue weighted by atomic mass is 35.5. The molecule has 3 heterocycles. The second kappa shape index (κ2) is 9.79. The van der Waals surface area contributed by atoms with Crippen LogP contribution in [0.25, 0.3) is 0 Å². The number of allylic oxidation sites excluding steroid dienone is 3. The number of ether oxygens (including phenoxy) is 1. The molecule has 2 atom stereocenters. The average molecular weight is 481 g/mol. The van der Waals surface area contributed by atoms with Crippen LogP contribution in [0, 0.1) is 5.92 Å². The minimum Gasteiger partial charge on any atom is -0.394 e. The first-order valence-electron chi connectivity index (χ1n) is 11.4. The van der Waals surface area contributed by atoms with E-state index in [9.17, 15) is 9.32 Å². The Morgan fingerprint density at radius 2 is 2.00 bits per heavy atom. The van der Waals surface area contributed by atoms with Gasteiger partial charge in [0.2, 0.25) is 5.95 Å². The van der Waals surface area contributed by atoms with Crippen LogP contribution in [-0.4, -0.2) is 63.5 Å².